The molecule has 0 saturated heterocycles. The average molecular weight is 1570 g/mol. The number of benzene rings is 9. The Kier molecular flexibility index (Phi) is 27.3. The first kappa shape index (κ1) is 81.7. The van der Waals surface area contributed by atoms with Crippen LogP contribution < -0.4 is 73.7 Å². The normalized spacial score (nSPS) is 12.3. The van der Waals surface area contributed by atoms with Crippen molar-refractivity contribution in [1.29, 1.82) is 0 Å². The number of amides is 1. The molecule has 25 nitrogen and oxygen atoms in total. The van der Waals surface area contributed by atoms with Gasteiger partial charge in [-0.25, -0.2) is 19.2 Å². The van der Waals surface area contributed by atoms with Gasteiger partial charge in [-0.15, -0.1) is 11.3 Å². The minimum atomic E-state index is -0.897. The molecule has 594 valence electrons. The number of rotatable bonds is 22. The van der Waals surface area contributed by atoms with E-state index in [0.717, 1.165) is 129 Å². The Hall–Kier alpha value is -13.2. The molecule has 0 fully saturated rings. The summed E-state index contributed by atoms with van der Waals surface area (Å²) in [5, 5.41) is 18.4. The van der Waals surface area contributed by atoms with E-state index in [-0.39, 0.29) is 23.8 Å². The number of hydrogen-bond donors (Lipinski definition) is 5. The van der Waals surface area contributed by atoms with Crippen LogP contribution in [0.3, 0.4) is 0 Å². The summed E-state index contributed by atoms with van der Waals surface area (Å²) >= 11 is 1.65. The number of fused-ring (bicyclic) bond motifs is 5. The number of carboxylic acid groups (broad SMARTS) is 1. The molecule has 0 aliphatic carbocycles. The zero-order chi connectivity index (χ0) is 81.1. The number of nitrogen functional groups attached to an aromatic ring is 1. The summed E-state index contributed by atoms with van der Waals surface area (Å²) in [6.07, 6.45) is 5.41. The van der Waals surface area contributed by atoms with E-state index in [1.807, 2.05) is 139 Å². The van der Waals surface area contributed by atoms with Crippen molar-refractivity contribution in [3.05, 3.63) is 242 Å². The number of nitrogens with zero attached hydrogens (tertiary/aromatic N) is 3. The van der Waals surface area contributed by atoms with E-state index in [0.29, 0.717) is 111 Å². The number of aromatic nitrogens is 1. The summed E-state index contributed by atoms with van der Waals surface area (Å²) in [6, 6.07) is 51.2. The highest BCUT2D eigenvalue weighted by Gasteiger charge is 2.27. The van der Waals surface area contributed by atoms with E-state index in [9.17, 15) is 24.0 Å². The van der Waals surface area contributed by atoms with Crippen LogP contribution in [0.2, 0.25) is 0 Å². The van der Waals surface area contributed by atoms with Gasteiger partial charge in [0, 0.05) is 96.1 Å². The fourth-order valence-electron chi connectivity index (χ4n) is 14.1. The van der Waals surface area contributed by atoms with Crippen LogP contribution in [0.25, 0.3) is 21.3 Å². The van der Waals surface area contributed by atoms with Crippen molar-refractivity contribution in [2.45, 2.75) is 45.3 Å². The van der Waals surface area contributed by atoms with Crippen LogP contribution in [0.15, 0.2) is 175 Å². The zero-order valence-corrected chi connectivity index (χ0v) is 66.6. The van der Waals surface area contributed by atoms with Gasteiger partial charge in [-0.3, -0.25) is 4.79 Å². The van der Waals surface area contributed by atoms with Crippen LogP contribution >= 0.6 is 11.3 Å². The Morgan fingerprint density at radius 3 is 1.28 bits per heavy atom. The topological polar surface area (TPSA) is 292 Å². The lowest BCUT2D eigenvalue weighted by Crippen LogP contribution is -2.20. The minimum Gasteiger partial charge on any atom is -0.493 e. The van der Waals surface area contributed by atoms with Gasteiger partial charge in [0.2, 0.25) is 17.2 Å². The number of carbonyl (C=O) groups is 5. The number of methoxy groups -OCH3 is 12. The van der Waals surface area contributed by atoms with Gasteiger partial charge in [-0.1, -0.05) is 12.1 Å². The molecule has 6 N–H and O–H groups in total. The van der Waals surface area contributed by atoms with E-state index in [2.05, 4.69) is 39.8 Å². The maximum absolute atomic E-state index is 13.1. The number of thiophene rings is 1. The molecule has 2 aromatic heterocycles. The van der Waals surface area contributed by atoms with Crippen molar-refractivity contribution >= 4 is 86.1 Å². The highest BCUT2D eigenvalue weighted by Crippen LogP contribution is 2.44. The number of ether oxygens (including phenoxy) is 12. The summed E-state index contributed by atoms with van der Waals surface area (Å²) in [6.45, 7) is 5.61. The van der Waals surface area contributed by atoms with Gasteiger partial charge < -0.3 is 98.0 Å². The molecule has 0 spiro atoms. The molecule has 0 radical (unpaired) electrons. The lowest BCUT2D eigenvalue weighted by molar-refractivity contribution is 0.0592. The fourth-order valence-corrected chi connectivity index (χ4v) is 14.8. The van der Waals surface area contributed by atoms with Crippen LogP contribution in [0.5, 0.6) is 51.7 Å². The zero-order valence-electron chi connectivity index (χ0n) is 65.7. The molecular weight excluding hydrogens is 1480 g/mol. The number of anilines is 6. The number of aromatic amines is 1. The van der Waals surface area contributed by atoms with Crippen molar-refractivity contribution in [3.63, 3.8) is 0 Å². The van der Waals surface area contributed by atoms with Crippen molar-refractivity contribution < 1.29 is 85.9 Å². The van der Waals surface area contributed by atoms with Crippen LogP contribution in [0.4, 0.5) is 34.1 Å². The maximum atomic E-state index is 13.1. The lowest BCUT2D eigenvalue weighted by Gasteiger charge is -2.21. The number of hydrogen-bond acceptors (Lipinski definition) is 23. The summed E-state index contributed by atoms with van der Waals surface area (Å²) < 4.78 is 62.9. The van der Waals surface area contributed by atoms with Gasteiger partial charge in [-0.05, 0) is 227 Å². The quantitative estimate of drug-likeness (QED) is 0.0239. The molecular formula is C88H93N7O18S. The van der Waals surface area contributed by atoms with Crippen LogP contribution in [-0.4, -0.2) is 151 Å². The molecule has 0 saturated carbocycles. The molecule has 1 amide bonds. The number of carboxylic acids is 1. The Bertz CT molecular complexity index is 5200. The van der Waals surface area contributed by atoms with Gasteiger partial charge in [0.25, 0.3) is 5.91 Å². The van der Waals surface area contributed by atoms with Crippen LogP contribution in [-0.2, 0) is 59.5 Å². The standard InChI is InChI=1S/C29H29N3O4S.C20H23NO5.C19H21NO5.C10H11NO2.C10H9NO2/c1-34-25-13-18(14-26(35-2)28(25)36-3)17-32-11-10-19-15-21(7-9-24(19)32)29(33)31-23-16-20(6-8-22(23)30)27-5-4-12-37-27;1-23-17-9-13(10-18(24-2)19(17)25-3)12-21-8-7-14-11-15(20(22)26-4)5-6-16(14)21;1-23-16-8-12(9-17(24-2)18(16)25-3)11-20-7-6-13-10-14(19(21)22)4-5-15(13)20;2*1-13-10(12)8-2-3-9-7(6-8)4-5-11-9/h4-9,12-16H,10-11,17,30H2,1-3H3,(H,31,33);5-6,9-11H,7-8,12H2,1-4H3;4-5,8-10H,6-7,11H2,1-3H3,(H,21,22);2-3,6,11H,4-5H2,1H3;2-6,11H,1H3. The predicted molar refractivity (Wildman–Crippen MR) is 442 cm³/mol. The highest BCUT2D eigenvalue weighted by atomic mass is 32.1. The molecule has 11 aromatic rings. The summed E-state index contributed by atoms with van der Waals surface area (Å²) in [7, 11) is 18.6. The first-order valence-electron chi connectivity index (χ1n) is 36.5. The van der Waals surface area contributed by atoms with Crippen LogP contribution in [0, 0.1) is 0 Å². The van der Waals surface area contributed by atoms with E-state index in [1.54, 1.807) is 112 Å². The average Bonchev–Trinajstić information content (AvgIpc) is 1.63. The summed E-state index contributed by atoms with van der Waals surface area (Å²) in [5.41, 5.74) is 24.2. The largest absolute Gasteiger partial charge is 0.493 e. The van der Waals surface area contributed by atoms with Crippen molar-refractivity contribution in [2.75, 3.05) is 143 Å². The SMILES string of the molecule is COC(=O)c1ccc2[nH]ccc2c1.COC(=O)c1ccc2c(c1)CCN2.COC(=O)c1ccc2c(c1)CCN2Cc1cc(OC)c(OC)c(OC)c1.COc1cc(CN2CCc3cc(C(=O)Nc4cc(-c5cccs5)ccc4N)ccc32)cc(OC)c1OC.COc1cc(CN2CCc3cc(C(=O)O)ccc32)cc(OC)c1OC. The molecule has 6 heterocycles. The number of nitrogens with two attached hydrogens (primary N) is 1. The number of nitrogens with one attached hydrogen (secondary N) is 3. The van der Waals surface area contributed by atoms with Crippen molar-refractivity contribution in [1.82, 2.24) is 4.98 Å². The Morgan fingerprint density at radius 2 is 0.851 bits per heavy atom. The van der Waals surface area contributed by atoms with Gasteiger partial charge in [0.05, 0.1) is 119 Å². The fraction of sp³-hybridized carbons (Fsp3) is 0.261. The molecule has 114 heavy (non-hydrogen) atoms. The molecule has 4 aliphatic heterocycles. The van der Waals surface area contributed by atoms with E-state index in [4.69, 9.17) is 58.2 Å². The Labute approximate surface area is 665 Å². The second kappa shape index (κ2) is 38.1. The molecule has 0 bridgehead atoms. The second-order valence-corrected chi connectivity index (χ2v) is 27.4. The molecule has 0 atom stereocenters. The van der Waals surface area contributed by atoms with Gasteiger partial charge in [0.15, 0.2) is 34.5 Å². The third kappa shape index (κ3) is 19.0. The monoisotopic (exact) mass is 1570 g/mol. The van der Waals surface area contributed by atoms with Crippen LogP contribution in [0.1, 0.15) is 90.7 Å². The van der Waals surface area contributed by atoms with Gasteiger partial charge in [-0.2, -0.15) is 0 Å². The van der Waals surface area contributed by atoms with Crippen molar-refractivity contribution in [3.8, 4) is 62.2 Å². The molecule has 0 unspecified atom stereocenters. The minimum absolute atomic E-state index is 0.180. The Balaban J connectivity index is 0.000000148. The molecule has 4 aliphatic rings. The molecule has 9 aromatic carbocycles. The summed E-state index contributed by atoms with van der Waals surface area (Å²) in [5.74, 6) is 3.56. The highest BCUT2D eigenvalue weighted by molar-refractivity contribution is 7.13. The number of esters is 3. The predicted octanol–water partition coefficient (Wildman–Crippen LogP) is 15.3. The first-order valence-corrected chi connectivity index (χ1v) is 37.4. The number of aromatic carboxylic acids is 1. The van der Waals surface area contributed by atoms with Gasteiger partial charge in [0.1, 0.15) is 0 Å². The number of carbonyl (C=O) groups excluding carboxylic acids is 4. The second-order valence-electron chi connectivity index (χ2n) is 26.5. The first-order chi connectivity index (χ1) is 55.3. The van der Waals surface area contributed by atoms with E-state index >= 15 is 0 Å². The third-order valence-corrected chi connectivity index (χ3v) is 20.7. The van der Waals surface area contributed by atoms with E-state index in [1.165, 1.54) is 26.9 Å². The summed E-state index contributed by atoms with van der Waals surface area (Å²) in [4.78, 5) is 69.2. The molecule has 26 heteroatoms. The maximum Gasteiger partial charge on any atom is 0.337 e. The van der Waals surface area contributed by atoms with Crippen molar-refractivity contribution in [2.24, 2.45) is 0 Å². The Morgan fingerprint density at radius 1 is 0.439 bits per heavy atom. The molecule has 15 rings (SSSR count). The number of H-pyrrole nitrogens is 1. The van der Waals surface area contributed by atoms with E-state index < -0.39 is 5.97 Å². The lowest BCUT2D eigenvalue weighted by atomic mass is 10.1. The smallest absolute Gasteiger partial charge is 0.337 e. The third-order valence-electron chi connectivity index (χ3n) is 19.8. The van der Waals surface area contributed by atoms with Gasteiger partial charge >= 0.3 is 23.9 Å².